The zero-order chi connectivity index (χ0) is 13.7. The molecule has 0 fully saturated rings. The maximum absolute atomic E-state index is 9.40. The number of aliphatic hydroxyl groups excluding tert-OH is 2. The molecule has 1 aromatic carbocycles. The van der Waals surface area contributed by atoms with Gasteiger partial charge in [-0.2, -0.15) is 0 Å². The van der Waals surface area contributed by atoms with Crippen molar-refractivity contribution in [1.29, 1.82) is 0 Å². The summed E-state index contributed by atoms with van der Waals surface area (Å²) in [7, 11) is 3.56. The minimum atomic E-state index is -0.106. The minimum absolute atomic E-state index is 0.00747. The molecule has 4 heteroatoms. The number of hydrogen-bond donors (Lipinski definition) is 2. The molecule has 1 aromatic rings. The van der Waals surface area contributed by atoms with E-state index in [0.717, 1.165) is 22.6 Å². The van der Waals surface area contributed by atoms with Gasteiger partial charge in [0.05, 0.1) is 25.4 Å². The van der Waals surface area contributed by atoms with Gasteiger partial charge in [-0.1, -0.05) is 6.07 Å². The highest BCUT2D eigenvalue weighted by Gasteiger charge is 2.19. The lowest BCUT2D eigenvalue weighted by atomic mass is 10.1. The maximum atomic E-state index is 9.40. The molecule has 18 heavy (non-hydrogen) atoms. The lowest BCUT2D eigenvalue weighted by molar-refractivity contribution is 0.217. The summed E-state index contributed by atoms with van der Waals surface area (Å²) in [4.78, 5) is 1.98. The summed E-state index contributed by atoms with van der Waals surface area (Å²) in [6.07, 6.45) is 0.531. The predicted octanol–water partition coefficient (Wildman–Crippen LogP) is 1.49. The number of nitrogens with zero attached hydrogens (tertiary/aromatic N) is 1. The molecule has 0 amide bonds. The summed E-state index contributed by atoms with van der Waals surface area (Å²) in [6, 6.07) is 3.96. The van der Waals surface area contributed by atoms with Gasteiger partial charge in [0.2, 0.25) is 0 Å². The van der Waals surface area contributed by atoms with Gasteiger partial charge in [-0.05, 0) is 37.5 Å². The van der Waals surface area contributed by atoms with Crippen LogP contribution in [0.25, 0.3) is 0 Å². The van der Waals surface area contributed by atoms with E-state index in [1.165, 1.54) is 0 Å². The van der Waals surface area contributed by atoms with Crippen LogP contribution in [0.2, 0.25) is 0 Å². The van der Waals surface area contributed by atoms with Gasteiger partial charge in [0.1, 0.15) is 5.75 Å². The lowest BCUT2D eigenvalue weighted by Crippen LogP contribution is -2.36. The molecule has 0 aliphatic heterocycles. The fourth-order valence-corrected chi connectivity index (χ4v) is 2.27. The second-order valence-electron chi connectivity index (χ2n) is 4.59. The van der Waals surface area contributed by atoms with Crippen molar-refractivity contribution >= 4 is 5.69 Å². The van der Waals surface area contributed by atoms with E-state index >= 15 is 0 Å². The van der Waals surface area contributed by atoms with Crippen molar-refractivity contribution in [2.45, 2.75) is 26.3 Å². The summed E-state index contributed by atoms with van der Waals surface area (Å²) in [5.74, 6) is 0.798. The van der Waals surface area contributed by atoms with Gasteiger partial charge >= 0.3 is 0 Å². The highest BCUT2D eigenvalue weighted by molar-refractivity contribution is 5.65. The van der Waals surface area contributed by atoms with Crippen LogP contribution in [0.1, 0.15) is 17.5 Å². The molecular formula is C14H23NO3. The Morgan fingerprint density at radius 3 is 2.44 bits per heavy atom. The van der Waals surface area contributed by atoms with Crippen LogP contribution in [0.3, 0.4) is 0 Å². The Labute approximate surface area is 109 Å². The average molecular weight is 253 g/mol. The number of hydrogen-bond acceptors (Lipinski definition) is 4. The fourth-order valence-electron chi connectivity index (χ4n) is 2.27. The van der Waals surface area contributed by atoms with E-state index in [9.17, 15) is 5.11 Å². The van der Waals surface area contributed by atoms with Crippen LogP contribution in [0.15, 0.2) is 12.1 Å². The molecule has 102 valence electrons. The Balaban J connectivity index is 3.14. The molecule has 0 aliphatic rings. The molecule has 1 unspecified atom stereocenters. The van der Waals surface area contributed by atoms with Gasteiger partial charge in [0.15, 0.2) is 0 Å². The Morgan fingerprint density at radius 1 is 1.28 bits per heavy atom. The second kappa shape index (κ2) is 6.61. The Kier molecular flexibility index (Phi) is 5.44. The standard InChI is InChI=1S/C14H23NO3/c1-10-7-11(2)14(13(8-10)18-4)15(3)12(9-17)5-6-16/h7-8,12,16-17H,5-6,9H2,1-4H3. The molecule has 0 aliphatic carbocycles. The predicted molar refractivity (Wildman–Crippen MR) is 73.4 cm³/mol. The minimum Gasteiger partial charge on any atom is -0.495 e. The monoisotopic (exact) mass is 253 g/mol. The summed E-state index contributed by atoms with van der Waals surface area (Å²) < 4.78 is 5.42. The van der Waals surface area contributed by atoms with Crippen LogP contribution in [0.4, 0.5) is 5.69 Å². The zero-order valence-electron chi connectivity index (χ0n) is 11.6. The first-order valence-electron chi connectivity index (χ1n) is 6.15. The summed E-state index contributed by atoms with van der Waals surface area (Å²) in [5.41, 5.74) is 3.21. The van der Waals surface area contributed by atoms with E-state index in [2.05, 4.69) is 6.07 Å². The molecule has 0 saturated carbocycles. The molecule has 0 bridgehead atoms. The average Bonchev–Trinajstić information content (AvgIpc) is 2.34. The van der Waals surface area contributed by atoms with Crippen molar-refractivity contribution < 1.29 is 14.9 Å². The molecule has 2 N–H and O–H groups in total. The third-order valence-corrected chi connectivity index (χ3v) is 3.20. The van der Waals surface area contributed by atoms with E-state index in [1.54, 1.807) is 7.11 Å². The summed E-state index contributed by atoms with van der Waals surface area (Å²) in [6.45, 7) is 4.11. The van der Waals surface area contributed by atoms with Crippen molar-refractivity contribution in [1.82, 2.24) is 0 Å². The quantitative estimate of drug-likeness (QED) is 0.806. The van der Waals surface area contributed by atoms with Crippen molar-refractivity contribution in [3.63, 3.8) is 0 Å². The highest BCUT2D eigenvalue weighted by atomic mass is 16.5. The third-order valence-electron chi connectivity index (χ3n) is 3.20. The first-order chi connectivity index (χ1) is 8.54. The number of aliphatic hydroxyl groups is 2. The number of benzene rings is 1. The smallest absolute Gasteiger partial charge is 0.142 e. The number of aryl methyl sites for hydroxylation is 2. The number of ether oxygens (including phenoxy) is 1. The van der Waals surface area contributed by atoms with Crippen LogP contribution in [-0.4, -0.2) is 43.6 Å². The van der Waals surface area contributed by atoms with Gasteiger partial charge in [0, 0.05) is 13.7 Å². The van der Waals surface area contributed by atoms with Crippen LogP contribution >= 0.6 is 0 Å². The van der Waals surface area contributed by atoms with Gasteiger partial charge in [-0.25, -0.2) is 0 Å². The van der Waals surface area contributed by atoms with Gasteiger partial charge in [0.25, 0.3) is 0 Å². The van der Waals surface area contributed by atoms with E-state index in [0.29, 0.717) is 6.42 Å². The third kappa shape index (κ3) is 3.15. The first-order valence-corrected chi connectivity index (χ1v) is 6.15. The Morgan fingerprint density at radius 2 is 1.94 bits per heavy atom. The fraction of sp³-hybridized carbons (Fsp3) is 0.571. The molecule has 0 radical (unpaired) electrons. The SMILES string of the molecule is COc1cc(C)cc(C)c1N(C)C(CO)CCO. The number of anilines is 1. The van der Waals surface area contributed by atoms with Crippen LogP contribution in [0.5, 0.6) is 5.75 Å². The molecule has 1 rings (SSSR count). The second-order valence-corrected chi connectivity index (χ2v) is 4.59. The van der Waals surface area contributed by atoms with E-state index in [-0.39, 0.29) is 19.3 Å². The summed E-state index contributed by atoms with van der Waals surface area (Å²) >= 11 is 0. The molecule has 0 saturated heterocycles. The molecule has 0 heterocycles. The van der Waals surface area contributed by atoms with Crippen molar-refractivity contribution in [3.8, 4) is 5.75 Å². The van der Waals surface area contributed by atoms with E-state index in [4.69, 9.17) is 9.84 Å². The zero-order valence-corrected chi connectivity index (χ0v) is 11.6. The number of methoxy groups -OCH3 is 1. The highest BCUT2D eigenvalue weighted by Crippen LogP contribution is 2.33. The first kappa shape index (κ1) is 14.8. The molecule has 1 atom stereocenters. The van der Waals surface area contributed by atoms with Crippen LogP contribution < -0.4 is 9.64 Å². The van der Waals surface area contributed by atoms with Crippen LogP contribution in [0, 0.1) is 13.8 Å². The van der Waals surface area contributed by atoms with Crippen LogP contribution in [-0.2, 0) is 0 Å². The number of likely N-dealkylation sites (N-methyl/N-ethyl adjacent to an activating group) is 1. The Hall–Kier alpha value is -1.26. The van der Waals surface area contributed by atoms with Crippen molar-refractivity contribution in [2.75, 3.05) is 32.3 Å². The van der Waals surface area contributed by atoms with E-state index < -0.39 is 0 Å². The Bertz CT molecular complexity index is 393. The molecule has 0 aromatic heterocycles. The van der Waals surface area contributed by atoms with Crippen molar-refractivity contribution in [2.24, 2.45) is 0 Å². The van der Waals surface area contributed by atoms with Gasteiger partial charge in [-0.15, -0.1) is 0 Å². The largest absolute Gasteiger partial charge is 0.495 e. The topological polar surface area (TPSA) is 52.9 Å². The normalized spacial score (nSPS) is 12.3. The maximum Gasteiger partial charge on any atom is 0.142 e. The number of rotatable bonds is 6. The molecular weight excluding hydrogens is 230 g/mol. The van der Waals surface area contributed by atoms with Crippen molar-refractivity contribution in [3.05, 3.63) is 23.3 Å². The molecule has 0 spiro atoms. The summed E-state index contributed by atoms with van der Waals surface area (Å²) in [5, 5.41) is 18.4. The molecule has 4 nitrogen and oxygen atoms in total. The lowest BCUT2D eigenvalue weighted by Gasteiger charge is -2.31. The van der Waals surface area contributed by atoms with E-state index in [1.807, 2.05) is 31.9 Å². The van der Waals surface area contributed by atoms with Gasteiger partial charge < -0.3 is 19.8 Å². The van der Waals surface area contributed by atoms with Gasteiger partial charge in [-0.3, -0.25) is 0 Å².